The Morgan fingerprint density at radius 1 is 1.25 bits per heavy atom. The largest absolute Gasteiger partial charge is 0.316 e. The monoisotopic (exact) mass is 290 g/mol. The Hall–Kier alpha value is -0.930. The molecule has 110 valence electrons. The van der Waals surface area contributed by atoms with E-state index in [1.807, 2.05) is 11.3 Å². The summed E-state index contributed by atoms with van der Waals surface area (Å²) in [6.45, 7) is 9.07. The number of thiazole rings is 1. The summed E-state index contributed by atoms with van der Waals surface area (Å²) in [6, 6.07) is 8.45. The van der Waals surface area contributed by atoms with Gasteiger partial charge in [-0.1, -0.05) is 32.9 Å². The summed E-state index contributed by atoms with van der Waals surface area (Å²) >= 11 is 1.85. The number of nitrogens with one attached hydrogen (secondary N) is 1. The molecule has 0 amide bonds. The van der Waals surface area contributed by atoms with E-state index in [9.17, 15) is 0 Å². The molecule has 0 bridgehead atoms. The van der Waals surface area contributed by atoms with Crippen LogP contribution in [0.3, 0.4) is 0 Å². The fraction of sp³-hybridized carbons (Fsp3) is 0.588. The van der Waals surface area contributed by atoms with Crippen LogP contribution in [0.1, 0.15) is 38.6 Å². The normalized spacial score (nSPS) is 13.2. The molecule has 0 fully saturated rings. The fourth-order valence-corrected chi connectivity index (χ4v) is 3.72. The molecular weight excluding hydrogens is 264 g/mol. The summed E-state index contributed by atoms with van der Waals surface area (Å²) in [5.41, 5.74) is 1.15. The van der Waals surface area contributed by atoms with Crippen molar-refractivity contribution in [1.82, 2.24) is 10.3 Å². The first kappa shape index (κ1) is 15.5. The smallest absolute Gasteiger partial charge is 0.0941 e. The summed E-state index contributed by atoms with van der Waals surface area (Å²) in [4.78, 5) is 4.78. The SMILES string of the molecule is CCCNCC(Cc1nc2ccccc2s1)CC(C)C. The third kappa shape index (κ3) is 4.57. The molecule has 0 saturated carbocycles. The number of hydrogen-bond donors (Lipinski definition) is 1. The predicted molar refractivity (Wildman–Crippen MR) is 89.4 cm³/mol. The Morgan fingerprint density at radius 3 is 2.75 bits per heavy atom. The second-order valence-corrected chi connectivity index (χ2v) is 7.09. The molecule has 20 heavy (non-hydrogen) atoms. The van der Waals surface area contributed by atoms with Crippen molar-refractivity contribution in [1.29, 1.82) is 0 Å². The van der Waals surface area contributed by atoms with Gasteiger partial charge in [0.15, 0.2) is 0 Å². The van der Waals surface area contributed by atoms with E-state index in [2.05, 4.69) is 50.4 Å². The molecule has 0 aliphatic rings. The zero-order valence-corrected chi connectivity index (χ0v) is 13.7. The summed E-state index contributed by atoms with van der Waals surface area (Å²) < 4.78 is 1.31. The van der Waals surface area contributed by atoms with Crippen LogP contribution in [-0.2, 0) is 6.42 Å². The lowest BCUT2D eigenvalue weighted by atomic mass is 9.94. The molecule has 1 aromatic carbocycles. The van der Waals surface area contributed by atoms with Gasteiger partial charge in [0.05, 0.1) is 15.2 Å². The molecule has 1 heterocycles. The first-order chi connectivity index (χ1) is 9.69. The summed E-state index contributed by atoms with van der Waals surface area (Å²) in [6.07, 6.45) is 3.58. The van der Waals surface area contributed by atoms with Gasteiger partial charge in [0.1, 0.15) is 0 Å². The van der Waals surface area contributed by atoms with Gasteiger partial charge in [-0.05, 0) is 49.9 Å². The zero-order valence-electron chi connectivity index (χ0n) is 12.9. The first-order valence-corrected chi connectivity index (χ1v) is 8.55. The number of rotatable bonds is 8. The minimum atomic E-state index is 0.696. The van der Waals surface area contributed by atoms with Crippen molar-refractivity contribution < 1.29 is 0 Å². The maximum Gasteiger partial charge on any atom is 0.0941 e. The molecule has 0 aliphatic carbocycles. The van der Waals surface area contributed by atoms with Crippen molar-refractivity contribution in [2.24, 2.45) is 11.8 Å². The highest BCUT2D eigenvalue weighted by atomic mass is 32.1. The highest BCUT2D eigenvalue weighted by Gasteiger charge is 2.14. The molecule has 0 radical (unpaired) electrons. The summed E-state index contributed by atoms with van der Waals surface area (Å²) in [7, 11) is 0. The average Bonchev–Trinajstić information content (AvgIpc) is 2.80. The van der Waals surface area contributed by atoms with Gasteiger partial charge < -0.3 is 5.32 Å². The molecule has 1 atom stereocenters. The lowest BCUT2D eigenvalue weighted by Crippen LogP contribution is -2.26. The van der Waals surface area contributed by atoms with Crippen molar-refractivity contribution in [3.05, 3.63) is 29.3 Å². The Labute approximate surface area is 126 Å². The van der Waals surface area contributed by atoms with Gasteiger partial charge >= 0.3 is 0 Å². The van der Waals surface area contributed by atoms with Crippen LogP contribution in [0, 0.1) is 11.8 Å². The van der Waals surface area contributed by atoms with Crippen molar-refractivity contribution in [3.63, 3.8) is 0 Å². The number of nitrogens with zero attached hydrogens (tertiary/aromatic N) is 1. The maximum atomic E-state index is 4.78. The van der Waals surface area contributed by atoms with Crippen LogP contribution in [-0.4, -0.2) is 18.1 Å². The number of benzene rings is 1. The van der Waals surface area contributed by atoms with Crippen LogP contribution in [0.2, 0.25) is 0 Å². The number of fused-ring (bicyclic) bond motifs is 1. The van der Waals surface area contributed by atoms with E-state index in [-0.39, 0.29) is 0 Å². The fourth-order valence-electron chi connectivity index (χ4n) is 2.64. The highest BCUT2D eigenvalue weighted by Crippen LogP contribution is 2.25. The van der Waals surface area contributed by atoms with E-state index in [4.69, 9.17) is 4.98 Å². The quantitative estimate of drug-likeness (QED) is 0.724. The van der Waals surface area contributed by atoms with E-state index < -0.39 is 0 Å². The van der Waals surface area contributed by atoms with Crippen LogP contribution >= 0.6 is 11.3 Å². The van der Waals surface area contributed by atoms with Crippen LogP contribution < -0.4 is 5.32 Å². The lowest BCUT2D eigenvalue weighted by Gasteiger charge is -2.18. The Morgan fingerprint density at radius 2 is 2.05 bits per heavy atom. The Bertz CT molecular complexity index is 485. The molecule has 3 heteroatoms. The second kappa shape index (κ2) is 7.75. The standard InChI is InChI=1S/C17H26N2S/c1-4-9-18-12-14(10-13(2)3)11-17-19-15-7-5-6-8-16(15)20-17/h5-8,13-14,18H,4,9-12H2,1-3H3. The van der Waals surface area contributed by atoms with Gasteiger partial charge in [-0.2, -0.15) is 0 Å². The summed E-state index contributed by atoms with van der Waals surface area (Å²) in [5.74, 6) is 1.44. The second-order valence-electron chi connectivity index (χ2n) is 5.98. The van der Waals surface area contributed by atoms with Crippen molar-refractivity contribution in [2.45, 2.75) is 40.0 Å². The molecule has 1 N–H and O–H groups in total. The molecule has 2 aromatic rings. The van der Waals surface area contributed by atoms with E-state index >= 15 is 0 Å². The number of aromatic nitrogens is 1. The maximum absolute atomic E-state index is 4.78. The van der Waals surface area contributed by atoms with Crippen molar-refractivity contribution in [2.75, 3.05) is 13.1 Å². The zero-order chi connectivity index (χ0) is 14.4. The number of para-hydroxylation sites is 1. The molecular formula is C17H26N2S. The highest BCUT2D eigenvalue weighted by molar-refractivity contribution is 7.18. The molecule has 0 spiro atoms. The van der Waals surface area contributed by atoms with E-state index in [1.54, 1.807) is 0 Å². The molecule has 2 rings (SSSR count). The van der Waals surface area contributed by atoms with Gasteiger partial charge in [-0.15, -0.1) is 11.3 Å². The summed E-state index contributed by atoms with van der Waals surface area (Å²) in [5, 5.41) is 4.86. The molecule has 0 saturated heterocycles. The van der Waals surface area contributed by atoms with Gasteiger partial charge in [0, 0.05) is 6.42 Å². The van der Waals surface area contributed by atoms with Crippen LogP contribution in [0.25, 0.3) is 10.2 Å². The Balaban J connectivity index is 2.01. The van der Waals surface area contributed by atoms with Crippen molar-refractivity contribution in [3.8, 4) is 0 Å². The third-order valence-corrected chi connectivity index (χ3v) is 4.52. The van der Waals surface area contributed by atoms with Gasteiger partial charge in [-0.3, -0.25) is 0 Å². The predicted octanol–water partition coefficient (Wildman–Crippen LogP) is 4.50. The molecule has 0 aliphatic heterocycles. The third-order valence-electron chi connectivity index (χ3n) is 3.47. The van der Waals surface area contributed by atoms with Gasteiger partial charge in [0.25, 0.3) is 0 Å². The van der Waals surface area contributed by atoms with Crippen LogP contribution in [0.4, 0.5) is 0 Å². The molecule has 2 nitrogen and oxygen atoms in total. The Kier molecular flexibility index (Phi) is 5.99. The molecule has 1 unspecified atom stereocenters. The van der Waals surface area contributed by atoms with Gasteiger partial charge in [0.2, 0.25) is 0 Å². The topological polar surface area (TPSA) is 24.9 Å². The van der Waals surface area contributed by atoms with Gasteiger partial charge in [-0.25, -0.2) is 4.98 Å². The number of hydrogen-bond acceptors (Lipinski definition) is 3. The first-order valence-electron chi connectivity index (χ1n) is 7.74. The van der Waals surface area contributed by atoms with E-state index in [0.29, 0.717) is 5.92 Å². The van der Waals surface area contributed by atoms with E-state index in [1.165, 1.54) is 22.5 Å². The average molecular weight is 290 g/mol. The molecule has 1 aromatic heterocycles. The minimum Gasteiger partial charge on any atom is -0.316 e. The lowest BCUT2D eigenvalue weighted by molar-refractivity contribution is 0.385. The van der Waals surface area contributed by atoms with E-state index in [0.717, 1.165) is 30.9 Å². The minimum absolute atomic E-state index is 0.696. The van der Waals surface area contributed by atoms with Crippen LogP contribution in [0.15, 0.2) is 24.3 Å². The van der Waals surface area contributed by atoms with Crippen LogP contribution in [0.5, 0.6) is 0 Å². The van der Waals surface area contributed by atoms with Crippen molar-refractivity contribution >= 4 is 21.6 Å².